The molecule has 23 heteroatoms. The number of hydrogen-bond acceptors (Lipinski definition) is 17. The molecule has 0 aromatic rings. The van der Waals surface area contributed by atoms with Crippen molar-refractivity contribution in [2.75, 3.05) is 159 Å². The van der Waals surface area contributed by atoms with Crippen LogP contribution in [0.2, 0.25) is 0 Å². The normalized spacial score (nSPS) is 12.7. The molecule has 1 heterocycles. The fraction of sp³-hybridized carbons (Fsp3) is 0.780. The number of nitrogens with one attached hydrogen (secondary N) is 4. The molecule has 0 aromatic carbocycles. The van der Waals surface area contributed by atoms with Crippen LogP contribution in [0.4, 0.5) is 0 Å². The molecule has 0 saturated carbocycles. The number of aliphatic carboxylic acids is 1. The van der Waals surface area contributed by atoms with Crippen LogP contribution in [0.1, 0.15) is 44.9 Å². The molecule has 0 unspecified atom stereocenters. The molecule has 64 heavy (non-hydrogen) atoms. The second-order valence-corrected chi connectivity index (χ2v) is 13.7. The summed E-state index contributed by atoms with van der Waals surface area (Å²) in [4.78, 5) is 85.0. The summed E-state index contributed by atoms with van der Waals surface area (Å²) >= 11 is 0. The van der Waals surface area contributed by atoms with Crippen LogP contribution in [-0.2, 0) is 80.9 Å². The molecule has 1 atom stereocenters. The van der Waals surface area contributed by atoms with Gasteiger partial charge in [-0.05, 0) is 32.1 Å². The molecule has 1 aliphatic rings. The fourth-order valence-corrected chi connectivity index (χ4v) is 5.22. The van der Waals surface area contributed by atoms with Crippen molar-refractivity contribution in [2.24, 2.45) is 0 Å². The summed E-state index contributed by atoms with van der Waals surface area (Å²) in [6.45, 7) is 7.84. The van der Waals surface area contributed by atoms with Gasteiger partial charge in [0.15, 0.2) is 0 Å². The van der Waals surface area contributed by atoms with Crippen LogP contribution in [0.25, 0.3) is 0 Å². The number of carboxylic acid groups (broad SMARTS) is 1. The highest BCUT2D eigenvalue weighted by Gasteiger charge is 2.24. The van der Waals surface area contributed by atoms with Gasteiger partial charge in [-0.15, -0.1) is 0 Å². The van der Waals surface area contributed by atoms with Crippen LogP contribution >= 0.6 is 0 Å². The molecule has 0 aromatic heterocycles. The zero-order valence-electron chi connectivity index (χ0n) is 37.3. The number of unbranched alkanes of at least 4 members (excludes halogenated alkanes) is 1. The second-order valence-electron chi connectivity index (χ2n) is 13.7. The van der Waals surface area contributed by atoms with Gasteiger partial charge in [-0.2, -0.15) is 0 Å². The number of hydrogen-bond donors (Lipinski definition) is 5. The molecule has 23 nitrogen and oxygen atoms in total. The largest absolute Gasteiger partial charge is 0.481 e. The maximum absolute atomic E-state index is 12.9. The smallest absolute Gasteiger partial charge is 0.303 e. The van der Waals surface area contributed by atoms with E-state index in [1.165, 1.54) is 0 Å². The van der Waals surface area contributed by atoms with Gasteiger partial charge in [0, 0.05) is 51.7 Å². The molecule has 0 fully saturated rings. The molecule has 0 radical (unpaired) electrons. The van der Waals surface area contributed by atoms with Crippen LogP contribution in [0.5, 0.6) is 0 Å². The number of ether oxygens (including phenoxy) is 10. The number of rotatable bonds is 46. The van der Waals surface area contributed by atoms with Crippen molar-refractivity contribution in [3.05, 3.63) is 12.2 Å². The first kappa shape index (κ1) is 57.8. The van der Waals surface area contributed by atoms with Gasteiger partial charge < -0.3 is 73.7 Å². The summed E-state index contributed by atoms with van der Waals surface area (Å²) in [6.07, 6.45) is 3.64. The lowest BCUT2D eigenvalue weighted by Crippen LogP contribution is -2.49. The average molecular weight is 922 g/mol. The highest BCUT2D eigenvalue weighted by atomic mass is 16.6. The summed E-state index contributed by atoms with van der Waals surface area (Å²) < 4.78 is 53.7. The van der Waals surface area contributed by atoms with Gasteiger partial charge in [0.05, 0.1) is 125 Å². The van der Waals surface area contributed by atoms with Gasteiger partial charge in [0.1, 0.15) is 12.6 Å². The number of carbonyl (C=O) groups excluding carboxylic acids is 6. The number of carbonyl (C=O) groups is 7. The van der Waals surface area contributed by atoms with E-state index in [9.17, 15) is 33.6 Å². The number of amides is 6. The molecule has 6 amide bonds. The van der Waals surface area contributed by atoms with Crippen LogP contribution in [-0.4, -0.2) is 216 Å². The van der Waals surface area contributed by atoms with E-state index in [-0.39, 0.29) is 84.0 Å². The van der Waals surface area contributed by atoms with Gasteiger partial charge in [-0.1, -0.05) is 0 Å². The topological polar surface area (TPSA) is 283 Å². The Morgan fingerprint density at radius 3 is 1.44 bits per heavy atom. The van der Waals surface area contributed by atoms with E-state index < -0.39 is 41.5 Å². The average Bonchev–Trinajstić information content (AvgIpc) is 3.59. The summed E-state index contributed by atoms with van der Waals surface area (Å²) in [6, 6.07) is -0.998. The van der Waals surface area contributed by atoms with E-state index >= 15 is 0 Å². The van der Waals surface area contributed by atoms with E-state index in [0.717, 1.165) is 17.1 Å². The summed E-state index contributed by atoms with van der Waals surface area (Å²) in [5, 5.41) is 19.1. The van der Waals surface area contributed by atoms with Crippen molar-refractivity contribution >= 4 is 41.4 Å². The third-order valence-electron chi connectivity index (χ3n) is 8.53. The second kappa shape index (κ2) is 41.5. The number of nitrogens with zero attached hydrogens (tertiary/aromatic N) is 1. The third kappa shape index (κ3) is 35.2. The van der Waals surface area contributed by atoms with Gasteiger partial charge >= 0.3 is 5.97 Å². The van der Waals surface area contributed by atoms with Gasteiger partial charge in [0.25, 0.3) is 11.8 Å². The monoisotopic (exact) mass is 921 g/mol. The van der Waals surface area contributed by atoms with Crippen LogP contribution in [0, 0.1) is 0 Å². The molecular weight excluding hydrogens is 850 g/mol. The molecule has 368 valence electrons. The first-order chi connectivity index (χ1) is 31.1. The Bertz CT molecular complexity index is 1310. The maximum Gasteiger partial charge on any atom is 0.303 e. The third-order valence-corrected chi connectivity index (χ3v) is 8.53. The van der Waals surface area contributed by atoms with Crippen molar-refractivity contribution in [2.45, 2.75) is 51.0 Å². The van der Waals surface area contributed by atoms with Gasteiger partial charge in [-0.25, -0.2) is 0 Å². The summed E-state index contributed by atoms with van der Waals surface area (Å²) in [5.41, 5.74) is 0. The van der Waals surface area contributed by atoms with E-state index in [2.05, 4.69) is 21.3 Å². The van der Waals surface area contributed by atoms with E-state index in [4.69, 9.17) is 52.5 Å². The zero-order valence-corrected chi connectivity index (χ0v) is 37.3. The minimum Gasteiger partial charge on any atom is -0.481 e. The Balaban J connectivity index is 2.04. The molecule has 1 aliphatic heterocycles. The number of imide groups is 1. The lowest BCUT2D eigenvalue weighted by atomic mass is 10.1. The molecule has 1 rings (SSSR count). The lowest BCUT2D eigenvalue weighted by molar-refractivity contribution is -0.138. The van der Waals surface area contributed by atoms with Gasteiger partial charge in [0.2, 0.25) is 23.6 Å². The first-order valence-electron chi connectivity index (χ1n) is 21.7. The van der Waals surface area contributed by atoms with Crippen LogP contribution in [0.3, 0.4) is 0 Å². The lowest BCUT2D eigenvalue weighted by Gasteiger charge is -2.19. The molecule has 0 aliphatic carbocycles. The minimum absolute atomic E-state index is 0.0424. The fourth-order valence-electron chi connectivity index (χ4n) is 5.22. The van der Waals surface area contributed by atoms with Gasteiger partial charge in [-0.3, -0.25) is 38.5 Å². The van der Waals surface area contributed by atoms with E-state index in [1.807, 2.05) is 0 Å². The van der Waals surface area contributed by atoms with E-state index in [1.54, 1.807) is 7.11 Å². The van der Waals surface area contributed by atoms with Crippen LogP contribution < -0.4 is 21.3 Å². The van der Waals surface area contributed by atoms with Crippen LogP contribution in [0.15, 0.2) is 12.2 Å². The Labute approximate surface area is 375 Å². The molecule has 0 bridgehead atoms. The standard InChI is InChI=1S/C41H71N5O18/c1-55-14-15-56-16-17-57-18-19-58-20-21-59-22-23-60-24-25-61-26-27-62-28-29-63-30-31-64-33-37(49)43-11-3-2-6-34(41(54)44-32-36(48)42-12-4-8-40(52)53)45-35(47)7-5-13-46-38(50)9-10-39(46)51/h9-10,34H,2-8,11-33H2,1H3,(H,42,48)(H,43,49)(H,44,54)(H,45,47)(H,52,53)/t34-/m0/s1. The summed E-state index contributed by atoms with van der Waals surface area (Å²) in [5.74, 6) is -3.85. The zero-order chi connectivity index (χ0) is 46.7. The maximum atomic E-state index is 12.9. The highest BCUT2D eigenvalue weighted by molar-refractivity contribution is 6.12. The molecular formula is C41H71N5O18. The SMILES string of the molecule is COCCOCCOCCOCCOCCOCCOCCOCCOCCOCC(=O)NCCCC[C@H](NC(=O)CCCN1C(=O)C=CC1=O)C(=O)NCC(=O)NCCCC(=O)O. The van der Waals surface area contributed by atoms with Crippen molar-refractivity contribution < 1.29 is 86.0 Å². The van der Waals surface area contributed by atoms with Crippen molar-refractivity contribution in [1.29, 1.82) is 0 Å². The Morgan fingerprint density at radius 2 is 0.969 bits per heavy atom. The molecule has 0 spiro atoms. The van der Waals surface area contributed by atoms with E-state index in [0.29, 0.717) is 119 Å². The number of carboxylic acids is 1. The Morgan fingerprint density at radius 1 is 0.531 bits per heavy atom. The van der Waals surface area contributed by atoms with Crippen molar-refractivity contribution in [1.82, 2.24) is 26.2 Å². The highest BCUT2D eigenvalue weighted by Crippen LogP contribution is 2.07. The Kier molecular flexibility index (Phi) is 37.5. The molecule has 0 saturated heterocycles. The summed E-state index contributed by atoms with van der Waals surface area (Å²) in [7, 11) is 1.63. The minimum atomic E-state index is -0.998. The Hall–Kier alpha value is -4.17. The predicted molar refractivity (Wildman–Crippen MR) is 226 cm³/mol. The number of methoxy groups -OCH3 is 1. The van der Waals surface area contributed by atoms with Crippen molar-refractivity contribution in [3.63, 3.8) is 0 Å². The quantitative estimate of drug-likeness (QED) is 0.0338. The molecule has 5 N–H and O–H groups in total. The van der Waals surface area contributed by atoms with Crippen molar-refractivity contribution in [3.8, 4) is 0 Å². The first-order valence-corrected chi connectivity index (χ1v) is 21.7. The predicted octanol–water partition coefficient (Wildman–Crippen LogP) is -1.64.